The first-order chi connectivity index (χ1) is 16.8. The molecule has 2 aliphatic rings. The first-order valence-electron chi connectivity index (χ1n) is 11.0. The zero-order chi connectivity index (χ0) is 24.6. The number of carbonyl (C=O) groups excluding carboxylic acids is 2. The number of benzene rings is 1. The van der Waals surface area contributed by atoms with E-state index in [0.29, 0.717) is 43.3 Å². The molecule has 1 aromatic carbocycles. The van der Waals surface area contributed by atoms with Crippen LogP contribution in [0.15, 0.2) is 53.1 Å². The van der Waals surface area contributed by atoms with Crippen LogP contribution in [0.3, 0.4) is 0 Å². The zero-order valence-electron chi connectivity index (χ0n) is 18.4. The van der Waals surface area contributed by atoms with Gasteiger partial charge in [-0.3, -0.25) is 9.59 Å². The fourth-order valence-electron chi connectivity index (χ4n) is 4.20. The molecule has 2 aromatic heterocycles. The third-order valence-corrected chi connectivity index (χ3v) is 6.00. The predicted molar refractivity (Wildman–Crippen MR) is 118 cm³/mol. The molecular weight excluding hydrogens is 467 g/mol. The quantitative estimate of drug-likeness (QED) is 0.577. The minimum atomic E-state index is -4.57. The van der Waals surface area contributed by atoms with E-state index in [4.69, 9.17) is 9.15 Å². The van der Waals surface area contributed by atoms with Crippen molar-refractivity contribution < 1.29 is 31.9 Å². The Bertz CT molecular complexity index is 1200. The number of nitrogens with zero attached hydrogens (tertiary/aromatic N) is 3. The van der Waals surface area contributed by atoms with Crippen molar-refractivity contribution >= 4 is 23.3 Å². The van der Waals surface area contributed by atoms with Gasteiger partial charge in [-0.05, 0) is 36.4 Å². The monoisotopic (exact) mass is 489 g/mol. The Kier molecular flexibility index (Phi) is 5.97. The van der Waals surface area contributed by atoms with Gasteiger partial charge in [-0.2, -0.15) is 18.3 Å². The number of nitrogens with one attached hydrogen (secondary N) is 2. The summed E-state index contributed by atoms with van der Waals surface area (Å²) in [6, 6.07) is 8.13. The van der Waals surface area contributed by atoms with E-state index in [-0.39, 0.29) is 23.8 Å². The average molecular weight is 489 g/mol. The Hall–Kier alpha value is -3.80. The van der Waals surface area contributed by atoms with E-state index in [1.54, 1.807) is 41.3 Å². The molecule has 4 heterocycles. The Morgan fingerprint density at radius 3 is 2.51 bits per heavy atom. The Morgan fingerprint density at radius 1 is 1.11 bits per heavy atom. The van der Waals surface area contributed by atoms with Crippen LogP contribution in [0.4, 0.5) is 24.7 Å². The molecule has 3 aromatic rings. The smallest absolute Gasteiger partial charge is 0.410 e. The largest absolute Gasteiger partial charge is 0.467 e. The molecule has 2 N–H and O–H groups in total. The maximum absolute atomic E-state index is 13.8. The molecule has 0 unspecified atom stereocenters. The Labute approximate surface area is 197 Å². The molecule has 2 atom stereocenters. The second-order valence-corrected chi connectivity index (χ2v) is 8.30. The van der Waals surface area contributed by atoms with Gasteiger partial charge in [-0.25, -0.2) is 4.68 Å². The van der Waals surface area contributed by atoms with Crippen LogP contribution in [0.2, 0.25) is 0 Å². The molecule has 2 amide bonds. The summed E-state index contributed by atoms with van der Waals surface area (Å²) in [5, 5.41) is 9.52. The van der Waals surface area contributed by atoms with Crippen molar-refractivity contribution in [2.45, 2.75) is 24.7 Å². The molecule has 0 radical (unpaired) electrons. The summed E-state index contributed by atoms with van der Waals surface area (Å²) in [4.78, 5) is 27.0. The van der Waals surface area contributed by atoms with Crippen LogP contribution in [-0.2, 0) is 4.74 Å². The van der Waals surface area contributed by atoms with Crippen LogP contribution < -0.4 is 10.6 Å². The highest BCUT2D eigenvalue weighted by molar-refractivity contribution is 6.03. The first kappa shape index (κ1) is 23.0. The number of fused-ring (bicyclic) bond motifs is 1. The van der Waals surface area contributed by atoms with Gasteiger partial charge < -0.3 is 24.7 Å². The van der Waals surface area contributed by atoms with Gasteiger partial charge in [0, 0.05) is 36.8 Å². The van der Waals surface area contributed by atoms with Crippen molar-refractivity contribution in [2.75, 3.05) is 36.9 Å². The van der Waals surface area contributed by atoms with Crippen LogP contribution in [0.1, 0.15) is 45.1 Å². The number of furan rings is 1. The number of halogens is 3. The number of hydrogen-bond donors (Lipinski definition) is 2. The van der Waals surface area contributed by atoms with Crippen molar-refractivity contribution in [2.24, 2.45) is 0 Å². The van der Waals surface area contributed by atoms with Gasteiger partial charge in [-0.15, -0.1) is 0 Å². The number of rotatable bonds is 4. The molecule has 9 nitrogen and oxygen atoms in total. The molecule has 2 aliphatic heterocycles. The minimum Gasteiger partial charge on any atom is -0.467 e. The van der Waals surface area contributed by atoms with E-state index in [1.165, 1.54) is 12.3 Å². The fourth-order valence-corrected chi connectivity index (χ4v) is 4.20. The van der Waals surface area contributed by atoms with Gasteiger partial charge >= 0.3 is 6.18 Å². The van der Waals surface area contributed by atoms with Crippen molar-refractivity contribution in [3.63, 3.8) is 0 Å². The van der Waals surface area contributed by atoms with E-state index >= 15 is 0 Å². The van der Waals surface area contributed by atoms with E-state index < -0.39 is 24.2 Å². The average Bonchev–Trinajstić information content (AvgIpc) is 3.53. The number of anilines is 2. The lowest BCUT2D eigenvalue weighted by atomic mass is 10.0. The first-order valence-corrected chi connectivity index (χ1v) is 11.0. The molecule has 0 saturated carbocycles. The number of carbonyl (C=O) groups is 2. The van der Waals surface area contributed by atoms with Crippen molar-refractivity contribution in [1.29, 1.82) is 0 Å². The standard InChI is InChI=1S/C23H22F3N5O4/c24-23(25,26)19-12-16(18-2-1-9-35-18)28-20-13-17(29-31(19)20)21(32)27-15-5-3-14(4-6-15)22(33)30-7-10-34-11-8-30/h1-6,9,13,16,19,28H,7-8,10-12H2,(H,27,32)/t16-,19+/m0/s1. The summed E-state index contributed by atoms with van der Waals surface area (Å²) >= 11 is 0. The van der Waals surface area contributed by atoms with Crippen LogP contribution in [0.5, 0.6) is 0 Å². The van der Waals surface area contributed by atoms with Crippen LogP contribution in [-0.4, -0.2) is 59.0 Å². The van der Waals surface area contributed by atoms with Gasteiger partial charge in [0.2, 0.25) is 0 Å². The van der Waals surface area contributed by atoms with Gasteiger partial charge in [-0.1, -0.05) is 0 Å². The summed E-state index contributed by atoms with van der Waals surface area (Å²) in [5.74, 6) is -0.374. The second-order valence-electron chi connectivity index (χ2n) is 8.30. The number of hydrogen-bond acceptors (Lipinski definition) is 6. The Morgan fingerprint density at radius 2 is 1.86 bits per heavy atom. The lowest BCUT2D eigenvalue weighted by Gasteiger charge is -2.32. The third kappa shape index (κ3) is 4.74. The molecule has 5 rings (SSSR count). The summed E-state index contributed by atoms with van der Waals surface area (Å²) in [5.41, 5.74) is 0.673. The Balaban J connectivity index is 1.31. The fraction of sp³-hybridized carbons (Fsp3) is 0.348. The molecule has 0 aliphatic carbocycles. The minimum absolute atomic E-state index is 0.0663. The maximum atomic E-state index is 13.8. The predicted octanol–water partition coefficient (Wildman–Crippen LogP) is 3.86. The molecule has 35 heavy (non-hydrogen) atoms. The van der Waals surface area contributed by atoms with E-state index in [9.17, 15) is 22.8 Å². The summed E-state index contributed by atoms with van der Waals surface area (Å²) in [6.07, 6.45) is -3.50. The molecule has 0 bridgehead atoms. The van der Waals surface area contributed by atoms with E-state index in [0.717, 1.165) is 4.68 Å². The molecular formula is C23H22F3N5O4. The van der Waals surface area contributed by atoms with Crippen LogP contribution in [0.25, 0.3) is 0 Å². The summed E-state index contributed by atoms with van der Waals surface area (Å²) in [7, 11) is 0. The van der Waals surface area contributed by atoms with Crippen LogP contribution >= 0.6 is 0 Å². The summed E-state index contributed by atoms with van der Waals surface area (Å²) in [6.45, 7) is 1.99. The third-order valence-electron chi connectivity index (χ3n) is 6.00. The van der Waals surface area contributed by atoms with E-state index in [2.05, 4.69) is 15.7 Å². The molecule has 1 fully saturated rings. The van der Waals surface area contributed by atoms with Crippen molar-refractivity contribution in [3.8, 4) is 0 Å². The normalized spacial score (nSPS) is 20.1. The highest BCUT2D eigenvalue weighted by Crippen LogP contribution is 2.43. The lowest BCUT2D eigenvalue weighted by Crippen LogP contribution is -2.40. The topological polar surface area (TPSA) is 102 Å². The molecule has 184 valence electrons. The number of morpholine rings is 1. The van der Waals surface area contributed by atoms with Gasteiger partial charge in [0.1, 0.15) is 11.6 Å². The van der Waals surface area contributed by atoms with Crippen molar-refractivity contribution in [3.05, 3.63) is 65.7 Å². The highest BCUT2D eigenvalue weighted by Gasteiger charge is 2.47. The molecule has 1 saturated heterocycles. The second kappa shape index (κ2) is 9.10. The summed E-state index contributed by atoms with van der Waals surface area (Å²) < 4.78 is 52.6. The molecule has 12 heteroatoms. The van der Waals surface area contributed by atoms with Crippen molar-refractivity contribution in [1.82, 2.24) is 14.7 Å². The highest BCUT2D eigenvalue weighted by atomic mass is 19.4. The number of alkyl halides is 3. The zero-order valence-corrected chi connectivity index (χ0v) is 18.4. The number of amides is 2. The van der Waals surface area contributed by atoms with Gasteiger partial charge in [0.15, 0.2) is 11.7 Å². The molecule has 0 spiro atoms. The van der Waals surface area contributed by atoms with Gasteiger partial charge in [0.05, 0.1) is 25.5 Å². The van der Waals surface area contributed by atoms with Gasteiger partial charge in [0.25, 0.3) is 11.8 Å². The van der Waals surface area contributed by atoms with Crippen LogP contribution in [0, 0.1) is 0 Å². The lowest BCUT2D eigenvalue weighted by molar-refractivity contribution is -0.174. The number of aromatic nitrogens is 2. The number of ether oxygens (including phenoxy) is 1. The SMILES string of the molecule is O=C(Nc1ccc(C(=O)N2CCOCC2)cc1)c1cc2n(n1)[C@@H](C(F)(F)F)C[C@@H](c1ccco1)N2. The van der Waals surface area contributed by atoms with E-state index in [1.807, 2.05) is 0 Å². The maximum Gasteiger partial charge on any atom is 0.410 e.